The van der Waals surface area contributed by atoms with Gasteiger partial charge in [-0.1, -0.05) is 61.5 Å². The average molecular weight is 438 g/mol. The molecule has 0 aliphatic rings. The van der Waals surface area contributed by atoms with Gasteiger partial charge < -0.3 is 19.1 Å². The maximum absolute atomic E-state index is 6.46. The zero-order valence-electron chi connectivity index (χ0n) is 19.1. The van der Waals surface area contributed by atoms with Crippen LogP contribution in [0.25, 0.3) is 0 Å². The van der Waals surface area contributed by atoms with E-state index < -0.39 is 11.7 Å². The van der Waals surface area contributed by atoms with E-state index >= 15 is 0 Å². The number of hydrogen-bond donors (Lipinski definition) is 0. The van der Waals surface area contributed by atoms with Crippen molar-refractivity contribution in [1.82, 2.24) is 5.23 Å². The summed E-state index contributed by atoms with van der Waals surface area (Å²) in [6.07, 6.45) is 0.582. The molecule has 0 heterocycles. The number of nitrogens with zero attached hydrogens (tertiary/aromatic N) is 1. The van der Waals surface area contributed by atoms with Crippen molar-refractivity contribution in [3.05, 3.63) is 91.0 Å². The van der Waals surface area contributed by atoms with Crippen LogP contribution in [0.15, 0.2) is 91.0 Å². The standard InChI is InChI=1S/C26H31NO5/c1-5-25(3,28-6-2)32-26(4,29-22-16-10-7-11-17-22)27(30-23-18-12-8-13-19-23)31-24-20-14-9-15-21-24/h7-21H,5-6H2,1-4H3. The Hall–Kier alpha value is -3.06. The zero-order chi connectivity index (χ0) is 22.9. The summed E-state index contributed by atoms with van der Waals surface area (Å²) in [5, 5.41) is 1.22. The zero-order valence-corrected chi connectivity index (χ0v) is 19.1. The van der Waals surface area contributed by atoms with Gasteiger partial charge in [0.15, 0.2) is 17.3 Å². The van der Waals surface area contributed by atoms with E-state index in [0.717, 1.165) is 0 Å². The maximum atomic E-state index is 6.46. The first kappa shape index (κ1) is 23.6. The summed E-state index contributed by atoms with van der Waals surface area (Å²) in [5.74, 6) is -0.763. The molecule has 0 N–H and O–H groups in total. The largest absolute Gasteiger partial charge is 0.444 e. The first-order chi connectivity index (χ1) is 15.5. The van der Waals surface area contributed by atoms with Gasteiger partial charge in [0.05, 0.1) is 0 Å². The van der Waals surface area contributed by atoms with E-state index in [-0.39, 0.29) is 0 Å². The molecule has 0 amide bonds. The van der Waals surface area contributed by atoms with Crippen LogP contribution in [0.5, 0.6) is 17.2 Å². The summed E-state index contributed by atoms with van der Waals surface area (Å²) in [7, 11) is 0. The molecule has 0 fully saturated rings. The topological polar surface area (TPSA) is 49.4 Å². The molecule has 3 aromatic rings. The third-order valence-electron chi connectivity index (χ3n) is 4.74. The van der Waals surface area contributed by atoms with E-state index in [0.29, 0.717) is 30.3 Å². The molecule has 170 valence electrons. The molecule has 2 atom stereocenters. The van der Waals surface area contributed by atoms with Crippen LogP contribution < -0.4 is 14.4 Å². The van der Waals surface area contributed by atoms with Crippen molar-refractivity contribution < 1.29 is 23.9 Å². The quantitative estimate of drug-likeness (QED) is 0.248. The predicted molar refractivity (Wildman–Crippen MR) is 123 cm³/mol. The highest BCUT2D eigenvalue weighted by Crippen LogP contribution is 2.32. The molecule has 32 heavy (non-hydrogen) atoms. The number of ether oxygens (including phenoxy) is 3. The fourth-order valence-electron chi connectivity index (χ4n) is 3.05. The Labute approximate surface area is 190 Å². The number of hydrogen-bond acceptors (Lipinski definition) is 6. The lowest BCUT2D eigenvalue weighted by Crippen LogP contribution is -2.60. The third kappa shape index (κ3) is 6.47. The summed E-state index contributed by atoms with van der Waals surface area (Å²) in [6, 6.07) is 28.0. The Morgan fingerprint density at radius 1 is 0.656 bits per heavy atom. The molecular formula is C26H31NO5. The summed E-state index contributed by atoms with van der Waals surface area (Å²) in [6.45, 7) is 7.99. The molecule has 0 bridgehead atoms. The molecule has 3 aromatic carbocycles. The predicted octanol–water partition coefficient (Wildman–Crippen LogP) is 6.21. The van der Waals surface area contributed by atoms with Crippen LogP contribution in [-0.2, 0) is 9.47 Å². The van der Waals surface area contributed by atoms with Gasteiger partial charge in [-0.25, -0.2) is 0 Å². The highest BCUT2D eigenvalue weighted by atomic mass is 17.0. The number of hydroxylamine groups is 2. The Bertz CT molecular complexity index is 883. The molecule has 0 aliphatic heterocycles. The molecule has 6 heteroatoms. The molecule has 0 saturated heterocycles. The second kappa shape index (κ2) is 11.0. The van der Waals surface area contributed by atoms with Crippen molar-refractivity contribution in [2.45, 2.75) is 45.8 Å². The van der Waals surface area contributed by atoms with Gasteiger partial charge in [0, 0.05) is 13.5 Å². The Morgan fingerprint density at radius 3 is 1.50 bits per heavy atom. The van der Waals surface area contributed by atoms with E-state index in [9.17, 15) is 0 Å². The lowest BCUT2D eigenvalue weighted by atomic mass is 10.2. The van der Waals surface area contributed by atoms with E-state index in [1.165, 1.54) is 5.23 Å². The van der Waals surface area contributed by atoms with Crippen LogP contribution in [0.3, 0.4) is 0 Å². The molecule has 0 spiro atoms. The van der Waals surface area contributed by atoms with Gasteiger partial charge in [0.25, 0.3) is 0 Å². The Morgan fingerprint density at radius 2 is 1.09 bits per heavy atom. The fraction of sp³-hybridized carbons (Fsp3) is 0.308. The van der Waals surface area contributed by atoms with E-state index in [4.69, 9.17) is 23.9 Å². The summed E-state index contributed by atoms with van der Waals surface area (Å²) in [4.78, 5) is 12.3. The van der Waals surface area contributed by atoms with Crippen LogP contribution >= 0.6 is 0 Å². The Balaban J connectivity index is 2.01. The minimum atomic E-state index is -1.52. The van der Waals surface area contributed by atoms with Gasteiger partial charge in [0.1, 0.15) is 11.0 Å². The molecule has 0 aromatic heterocycles. The second-order valence-electron chi connectivity index (χ2n) is 7.40. The van der Waals surface area contributed by atoms with Crippen LogP contribution in [-0.4, -0.2) is 23.5 Å². The van der Waals surface area contributed by atoms with Crippen LogP contribution in [0.1, 0.15) is 34.1 Å². The van der Waals surface area contributed by atoms with Crippen molar-refractivity contribution in [2.24, 2.45) is 0 Å². The third-order valence-corrected chi connectivity index (χ3v) is 4.74. The first-order valence-corrected chi connectivity index (χ1v) is 10.8. The van der Waals surface area contributed by atoms with Crippen molar-refractivity contribution >= 4 is 0 Å². The smallest absolute Gasteiger partial charge is 0.340 e. The fourth-order valence-corrected chi connectivity index (χ4v) is 3.05. The average Bonchev–Trinajstić information content (AvgIpc) is 2.81. The van der Waals surface area contributed by atoms with Gasteiger partial charge >= 0.3 is 5.91 Å². The summed E-state index contributed by atoms with van der Waals surface area (Å²) in [5.41, 5.74) is 0. The minimum absolute atomic E-state index is 0.477. The minimum Gasteiger partial charge on any atom is -0.444 e. The van der Waals surface area contributed by atoms with Crippen molar-refractivity contribution in [3.63, 3.8) is 0 Å². The second-order valence-corrected chi connectivity index (χ2v) is 7.40. The highest BCUT2D eigenvalue weighted by Gasteiger charge is 2.47. The lowest BCUT2D eigenvalue weighted by molar-refractivity contribution is -0.475. The monoisotopic (exact) mass is 437 g/mol. The van der Waals surface area contributed by atoms with Crippen molar-refractivity contribution in [1.29, 1.82) is 0 Å². The first-order valence-electron chi connectivity index (χ1n) is 10.8. The summed E-state index contributed by atoms with van der Waals surface area (Å²) < 4.78 is 18.7. The van der Waals surface area contributed by atoms with Crippen LogP contribution in [0.4, 0.5) is 0 Å². The molecule has 3 rings (SSSR count). The SMILES string of the molecule is CCOC(C)(CC)OC(C)(Oc1ccccc1)N(Oc1ccccc1)Oc1ccccc1. The molecule has 6 nitrogen and oxygen atoms in total. The van der Waals surface area contributed by atoms with Gasteiger partial charge in [-0.05, 0) is 56.7 Å². The molecule has 2 unspecified atom stereocenters. The van der Waals surface area contributed by atoms with E-state index in [1.54, 1.807) is 6.92 Å². The molecule has 0 saturated carbocycles. The lowest BCUT2D eigenvalue weighted by Gasteiger charge is -2.42. The van der Waals surface area contributed by atoms with Crippen LogP contribution in [0.2, 0.25) is 0 Å². The number of para-hydroxylation sites is 3. The van der Waals surface area contributed by atoms with E-state index in [2.05, 4.69) is 0 Å². The van der Waals surface area contributed by atoms with Gasteiger partial charge in [0.2, 0.25) is 0 Å². The molecular weight excluding hydrogens is 406 g/mol. The summed E-state index contributed by atoms with van der Waals surface area (Å²) >= 11 is 0. The highest BCUT2D eigenvalue weighted by molar-refractivity contribution is 5.23. The van der Waals surface area contributed by atoms with E-state index in [1.807, 2.05) is 112 Å². The number of rotatable bonds is 12. The van der Waals surface area contributed by atoms with Crippen molar-refractivity contribution in [2.75, 3.05) is 6.61 Å². The molecule has 0 radical (unpaired) electrons. The Kier molecular flexibility index (Phi) is 8.11. The van der Waals surface area contributed by atoms with Crippen molar-refractivity contribution in [3.8, 4) is 17.2 Å². The van der Waals surface area contributed by atoms with Crippen LogP contribution in [0, 0.1) is 0 Å². The normalized spacial score (nSPS) is 14.9. The number of benzene rings is 3. The molecule has 0 aliphatic carbocycles. The maximum Gasteiger partial charge on any atom is 0.340 e. The van der Waals surface area contributed by atoms with Gasteiger partial charge in [-0.2, -0.15) is 0 Å². The van der Waals surface area contributed by atoms with Gasteiger partial charge in [-0.15, -0.1) is 0 Å². The van der Waals surface area contributed by atoms with Gasteiger partial charge in [-0.3, -0.25) is 4.74 Å².